The van der Waals surface area contributed by atoms with Crippen LogP contribution in [0.2, 0.25) is 5.02 Å². The van der Waals surface area contributed by atoms with Crippen LogP contribution >= 0.6 is 11.6 Å². The lowest BCUT2D eigenvalue weighted by atomic mass is 10.1. The molecule has 1 aromatic carbocycles. The van der Waals surface area contributed by atoms with Crippen molar-refractivity contribution in [1.82, 2.24) is 4.98 Å². The summed E-state index contributed by atoms with van der Waals surface area (Å²) >= 11 is 5.82. The normalized spacial score (nSPS) is 10.2. The van der Waals surface area contributed by atoms with E-state index in [0.29, 0.717) is 22.9 Å². The Labute approximate surface area is 115 Å². The van der Waals surface area contributed by atoms with E-state index < -0.39 is 5.97 Å². The first-order valence-electron chi connectivity index (χ1n) is 5.62. The van der Waals surface area contributed by atoms with Crippen molar-refractivity contribution < 1.29 is 14.6 Å². The number of aryl methyl sites for hydroxylation is 1. The van der Waals surface area contributed by atoms with Gasteiger partial charge >= 0.3 is 5.97 Å². The summed E-state index contributed by atoms with van der Waals surface area (Å²) in [5.74, 6) is -0.328. The fourth-order valence-electron chi connectivity index (χ4n) is 1.67. The first kappa shape index (κ1) is 13.4. The number of carboxylic acids is 1. The molecule has 1 heterocycles. The number of hydrogen-bond donors (Lipinski definition) is 1. The molecular weight excluding hydrogens is 266 g/mol. The topological polar surface area (TPSA) is 59.4 Å². The van der Waals surface area contributed by atoms with E-state index in [4.69, 9.17) is 21.4 Å². The minimum Gasteiger partial charge on any atom is -0.489 e. The zero-order valence-electron chi connectivity index (χ0n) is 10.3. The zero-order chi connectivity index (χ0) is 13.8. The van der Waals surface area contributed by atoms with Gasteiger partial charge in [-0.25, -0.2) is 4.79 Å². The van der Waals surface area contributed by atoms with E-state index in [1.165, 1.54) is 6.07 Å². The molecule has 0 saturated heterocycles. The summed E-state index contributed by atoms with van der Waals surface area (Å²) in [5, 5.41) is 9.49. The number of halogens is 1. The van der Waals surface area contributed by atoms with Crippen molar-refractivity contribution in [3.05, 3.63) is 58.4 Å². The van der Waals surface area contributed by atoms with Crippen molar-refractivity contribution in [2.75, 3.05) is 0 Å². The third-order valence-electron chi connectivity index (χ3n) is 2.60. The molecule has 0 fully saturated rings. The lowest BCUT2D eigenvalue weighted by Crippen LogP contribution is -2.01. The Morgan fingerprint density at radius 2 is 2.16 bits per heavy atom. The van der Waals surface area contributed by atoms with Gasteiger partial charge < -0.3 is 9.84 Å². The standard InChI is InChI=1S/C14H12ClNO3/c1-9-4-12(2-3-13(9)14(17)18)19-8-10-5-11(15)7-16-6-10/h2-7H,8H2,1H3,(H,17,18). The number of hydrogen-bond acceptors (Lipinski definition) is 3. The quantitative estimate of drug-likeness (QED) is 0.931. The second-order valence-electron chi connectivity index (χ2n) is 4.08. The van der Waals surface area contributed by atoms with Crippen LogP contribution in [0.5, 0.6) is 5.75 Å². The third kappa shape index (κ3) is 3.45. The molecule has 0 aliphatic rings. The molecule has 0 bridgehead atoms. The molecule has 0 saturated carbocycles. The second kappa shape index (κ2) is 5.71. The molecule has 98 valence electrons. The molecule has 1 N–H and O–H groups in total. The summed E-state index contributed by atoms with van der Waals surface area (Å²) < 4.78 is 5.57. The Balaban J connectivity index is 2.08. The van der Waals surface area contributed by atoms with Crippen molar-refractivity contribution in [3.63, 3.8) is 0 Å². The number of aromatic carboxylic acids is 1. The Kier molecular flexibility index (Phi) is 4.02. The fourth-order valence-corrected chi connectivity index (χ4v) is 1.86. The molecule has 0 radical (unpaired) electrons. The van der Waals surface area contributed by atoms with Crippen LogP contribution in [-0.2, 0) is 6.61 Å². The maximum absolute atomic E-state index is 10.9. The lowest BCUT2D eigenvalue weighted by Gasteiger charge is -2.08. The summed E-state index contributed by atoms with van der Waals surface area (Å²) in [5.41, 5.74) is 1.79. The van der Waals surface area contributed by atoms with Crippen molar-refractivity contribution in [2.24, 2.45) is 0 Å². The molecule has 1 aromatic heterocycles. The van der Waals surface area contributed by atoms with Crippen molar-refractivity contribution in [3.8, 4) is 5.75 Å². The number of rotatable bonds is 4. The van der Waals surface area contributed by atoms with Crippen LogP contribution < -0.4 is 4.74 Å². The van der Waals surface area contributed by atoms with E-state index in [2.05, 4.69) is 4.98 Å². The number of carboxylic acid groups (broad SMARTS) is 1. The monoisotopic (exact) mass is 277 g/mol. The number of ether oxygens (including phenoxy) is 1. The van der Waals surface area contributed by atoms with Gasteiger partial charge in [0.15, 0.2) is 0 Å². The van der Waals surface area contributed by atoms with Crippen molar-refractivity contribution >= 4 is 17.6 Å². The number of carbonyl (C=O) groups is 1. The average Bonchev–Trinajstić information content (AvgIpc) is 2.36. The van der Waals surface area contributed by atoms with Crippen LogP contribution in [0.25, 0.3) is 0 Å². The average molecular weight is 278 g/mol. The maximum Gasteiger partial charge on any atom is 0.335 e. The highest BCUT2D eigenvalue weighted by Crippen LogP contribution is 2.19. The van der Waals surface area contributed by atoms with Crippen molar-refractivity contribution in [1.29, 1.82) is 0 Å². The fraction of sp³-hybridized carbons (Fsp3) is 0.143. The van der Waals surface area contributed by atoms with Crippen LogP contribution in [-0.4, -0.2) is 16.1 Å². The number of benzene rings is 1. The van der Waals surface area contributed by atoms with E-state index in [1.807, 2.05) is 0 Å². The van der Waals surface area contributed by atoms with Gasteiger partial charge in [-0.3, -0.25) is 4.98 Å². The van der Waals surface area contributed by atoms with E-state index in [0.717, 1.165) is 5.56 Å². The van der Waals surface area contributed by atoms with Crippen LogP contribution in [0.3, 0.4) is 0 Å². The number of nitrogens with zero attached hydrogens (tertiary/aromatic N) is 1. The minimum atomic E-state index is -0.942. The van der Waals surface area contributed by atoms with Gasteiger partial charge in [0.05, 0.1) is 10.6 Å². The second-order valence-corrected chi connectivity index (χ2v) is 4.52. The van der Waals surface area contributed by atoms with Crippen molar-refractivity contribution in [2.45, 2.75) is 13.5 Å². The van der Waals surface area contributed by atoms with Crippen LogP contribution in [0.4, 0.5) is 0 Å². The molecule has 0 aliphatic heterocycles. The molecule has 2 rings (SSSR count). The van der Waals surface area contributed by atoms with Crippen LogP contribution in [0.1, 0.15) is 21.5 Å². The molecule has 19 heavy (non-hydrogen) atoms. The maximum atomic E-state index is 10.9. The predicted octanol–water partition coefficient (Wildman–Crippen LogP) is 3.32. The molecule has 0 unspecified atom stereocenters. The highest BCUT2D eigenvalue weighted by atomic mass is 35.5. The molecular formula is C14H12ClNO3. The van der Waals surface area contributed by atoms with Gasteiger partial charge in [-0.2, -0.15) is 0 Å². The SMILES string of the molecule is Cc1cc(OCc2cncc(Cl)c2)ccc1C(=O)O. The van der Waals surface area contributed by atoms with Gasteiger partial charge in [-0.05, 0) is 36.8 Å². The third-order valence-corrected chi connectivity index (χ3v) is 2.80. The van der Waals surface area contributed by atoms with Gasteiger partial charge in [0, 0.05) is 18.0 Å². The Bertz CT molecular complexity index is 613. The van der Waals surface area contributed by atoms with Gasteiger partial charge in [0.25, 0.3) is 0 Å². The highest BCUT2D eigenvalue weighted by molar-refractivity contribution is 6.30. The lowest BCUT2D eigenvalue weighted by molar-refractivity contribution is 0.0696. The number of pyridine rings is 1. The highest BCUT2D eigenvalue weighted by Gasteiger charge is 2.07. The van der Waals surface area contributed by atoms with E-state index in [-0.39, 0.29) is 5.56 Å². The molecule has 0 spiro atoms. The van der Waals surface area contributed by atoms with Gasteiger partial charge in [-0.1, -0.05) is 11.6 Å². The summed E-state index contributed by atoms with van der Waals surface area (Å²) in [6.45, 7) is 2.07. The predicted molar refractivity (Wildman–Crippen MR) is 71.7 cm³/mol. The van der Waals surface area contributed by atoms with Gasteiger partial charge in [-0.15, -0.1) is 0 Å². The minimum absolute atomic E-state index is 0.275. The van der Waals surface area contributed by atoms with Gasteiger partial charge in [0.1, 0.15) is 12.4 Å². The molecule has 0 amide bonds. The molecule has 0 atom stereocenters. The summed E-state index contributed by atoms with van der Waals surface area (Å²) in [7, 11) is 0. The number of aromatic nitrogens is 1. The van der Waals surface area contributed by atoms with Crippen LogP contribution in [0, 0.1) is 6.92 Å². The Morgan fingerprint density at radius 3 is 2.79 bits per heavy atom. The molecule has 2 aromatic rings. The van der Waals surface area contributed by atoms with Gasteiger partial charge in [0.2, 0.25) is 0 Å². The zero-order valence-corrected chi connectivity index (χ0v) is 11.0. The Morgan fingerprint density at radius 1 is 1.37 bits per heavy atom. The van der Waals surface area contributed by atoms with E-state index >= 15 is 0 Å². The molecule has 5 heteroatoms. The van der Waals surface area contributed by atoms with E-state index in [9.17, 15) is 4.79 Å². The molecule has 4 nitrogen and oxygen atoms in total. The summed E-state index contributed by atoms with van der Waals surface area (Å²) in [4.78, 5) is 14.8. The molecule has 0 aliphatic carbocycles. The summed E-state index contributed by atoms with van der Waals surface area (Å²) in [6, 6.07) is 6.63. The van der Waals surface area contributed by atoms with E-state index in [1.54, 1.807) is 37.5 Å². The first-order chi connectivity index (χ1) is 9.06. The van der Waals surface area contributed by atoms with Crippen LogP contribution in [0.15, 0.2) is 36.7 Å². The Hall–Kier alpha value is -2.07. The smallest absolute Gasteiger partial charge is 0.335 e. The first-order valence-corrected chi connectivity index (χ1v) is 6.00. The largest absolute Gasteiger partial charge is 0.489 e. The summed E-state index contributed by atoms with van der Waals surface area (Å²) in [6.07, 6.45) is 3.22.